The van der Waals surface area contributed by atoms with Crippen molar-refractivity contribution in [1.82, 2.24) is 10.6 Å². The van der Waals surface area contributed by atoms with Gasteiger partial charge in [-0.1, -0.05) is 12.1 Å². The molecule has 0 aromatic heterocycles. The van der Waals surface area contributed by atoms with Crippen molar-refractivity contribution in [2.75, 3.05) is 45.2 Å². The largest absolute Gasteiger partial charge is 0.383 e. The van der Waals surface area contributed by atoms with Crippen LogP contribution in [0.25, 0.3) is 0 Å². The van der Waals surface area contributed by atoms with Crippen LogP contribution in [-0.4, -0.2) is 50.8 Å². The summed E-state index contributed by atoms with van der Waals surface area (Å²) in [6.45, 7) is 5.01. The highest BCUT2D eigenvalue weighted by Gasteiger charge is 2.11. The van der Waals surface area contributed by atoms with Crippen LogP contribution >= 0.6 is 0 Å². The first-order valence-corrected chi connectivity index (χ1v) is 7.17. The van der Waals surface area contributed by atoms with E-state index in [9.17, 15) is 10.1 Å². The zero-order valence-corrected chi connectivity index (χ0v) is 13.0. The average Bonchev–Trinajstić information content (AvgIpc) is 2.52. The minimum absolute atomic E-state index is 0.0724. The summed E-state index contributed by atoms with van der Waals surface area (Å²) in [7, 11) is 1.63. The Kier molecular flexibility index (Phi) is 8.36. The first-order chi connectivity index (χ1) is 10.7. The lowest BCUT2D eigenvalue weighted by atomic mass is 10.2. The van der Waals surface area contributed by atoms with Crippen molar-refractivity contribution in [3.8, 4) is 0 Å². The number of para-hydroxylation sites is 2. The molecule has 22 heavy (non-hydrogen) atoms. The van der Waals surface area contributed by atoms with Gasteiger partial charge < -0.3 is 20.7 Å². The molecule has 0 saturated heterocycles. The van der Waals surface area contributed by atoms with Gasteiger partial charge in [0.1, 0.15) is 5.69 Å². The molecule has 0 unspecified atom stereocenters. The van der Waals surface area contributed by atoms with Crippen molar-refractivity contribution in [3.63, 3.8) is 0 Å². The number of benzene rings is 1. The highest BCUT2D eigenvalue weighted by atomic mass is 16.6. The van der Waals surface area contributed by atoms with Crippen molar-refractivity contribution in [2.24, 2.45) is 4.99 Å². The molecule has 0 fully saturated rings. The molecule has 0 bridgehead atoms. The number of guanidine groups is 1. The van der Waals surface area contributed by atoms with Crippen LogP contribution in [-0.2, 0) is 4.74 Å². The summed E-state index contributed by atoms with van der Waals surface area (Å²) in [5, 5.41) is 20.2. The van der Waals surface area contributed by atoms with Gasteiger partial charge in [0.15, 0.2) is 5.96 Å². The van der Waals surface area contributed by atoms with Crippen molar-refractivity contribution in [2.45, 2.75) is 6.92 Å². The van der Waals surface area contributed by atoms with Gasteiger partial charge in [-0.3, -0.25) is 15.1 Å². The van der Waals surface area contributed by atoms with E-state index in [0.29, 0.717) is 37.9 Å². The molecule has 3 N–H and O–H groups in total. The molecule has 1 aromatic rings. The number of nitro benzene ring substituents is 1. The van der Waals surface area contributed by atoms with Gasteiger partial charge >= 0.3 is 0 Å². The third-order valence-electron chi connectivity index (χ3n) is 2.74. The summed E-state index contributed by atoms with van der Waals surface area (Å²) in [5.41, 5.74) is 0.582. The van der Waals surface area contributed by atoms with E-state index in [1.165, 1.54) is 6.07 Å². The summed E-state index contributed by atoms with van der Waals surface area (Å²) >= 11 is 0. The van der Waals surface area contributed by atoms with Gasteiger partial charge in [-0.05, 0) is 13.0 Å². The van der Waals surface area contributed by atoms with E-state index < -0.39 is 4.92 Å². The van der Waals surface area contributed by atoms with Crippen molar-refractivity contribution in [1.29, 1.82) is 0 Å². The molecular weight excluding hydrogens is 286 g/mol. The summed E-state index contributed by atoms with van der Waals surface area (Å²) in [6, 6.07) is 6.58. The maximum Gasteiger partial charge on any atom is 0.292 e. The molecule has 0 aliphatic heterocycles. The van der Waals surface area contributed by atoms with Crippen molar-refractivity contribution in [3.05, 3.63) is 34.4 Å². The second-order valence-electron chi connectivity index (χ2n) is 4.38. The van der Waals surface area contributed by atoms with Gasteiger partial charge in [0.05, 0.1) is 18.1 Å². The lowest BCUT2D eigenvalue weighted by Crippen LogP contribution is -2.39. The monoisotopic (exact) mass is 309 g/mol. The first kappa shape index (κ1) is 17.7. The number of nitrogens with zero attached hydrogens (tertiary/aromatic N) is 2. The average molecular weight is 309 g/mol. The van der Waals surface area contributed by atoms with E-state index in [1.807, 2.05) is 6.92 Å². The molecular formula is C14H23N5O3. The van der Waals surface area contributed by atoms with E-state index in [4.69, 9.17) is 4.74 Å². The van der Waals surface area contributed by atoms with Gasteiger partial charge in [0, 0.05) is 32.8 Å². The maximum atomic E-state index is 10.9. The Morgan fingerprint density at radius 2 is 2.09 bits per heavy atom. The van der Waals surface area contributed by atoms with E-state index >= 15 is 0 Å². The van der Waals surface area contributed by atoms with Crippen LogP contribution in [0.15, 0.2) is 29.3 Å². The molecule has 0 heterocycles. The van der Waals surface area contributed by atoms with E-state index in [2.05, 4.69) is 20.9 Å². The molecule has 8 nitrogen and oxygen atoms in total. The fourth-order valence-corrected chi connectivity index (χ4v) is 1.75. The Balaban J connectivity index is 2.43. The van der Waals surface area contributed by atoms with E-state index in [0.717, 1.165) is 6.54 Å². The number of ether oxygens (including phenoxy) is 1. The maximum absolute atomic E-state index is 10.9. The molecule has 1 aromatic carbocycles. The second kappa shape index (κ2) is 10.4. The molecule has 0 radical (unpaired) electrons. The lowest BCUT2D eigenvalue weighted by Gasteiger charge is -2.12. The molecule has 0 aliphatic carbocycles. The molecule has 0 amide bonds. The number of rotatable bonds is 9. The SMILES string of the molecule is CCNC(=NCCOC)NCCNc1ccccc1[N+](=O)[O-]. The van der Waals surface area contributed by atoms with Crippen LogP contribution in [0.4, 0.5) is 11.4 Å². The number of anilines is 1. The third kappa shape index (κ3) is 6.40. The number of aliphatic imine (C=N–C) groups is 1. The quantitative estimate of drug-likeness (QED) is 0.208. The predicted molar refractivity (Wildman–Crippen MR) is 87.4 cm³/mol. The van der Waals surface area contributed by atoms with Gasteiger partial charge in [-0.15, -0.1) is 0 Å². The summed E-state index contributed by atoms with van der Waals surface area (Å²) in [4.78, 5) is 14.8. The Hall–Kier alpha value is -2.35. The number of methoxy groups -OCH3 is 1. The van der Waals surface area contributed by atoms with Crippen LogP contribution < -0.4 is 16.0 Å². The Labute approximate surface area is 130 Å². The van der Waals surface area contributed by atoms with Gasteiger partial charge in [-0.25, -0.2) is 0 Å². The van der Waals surface area contributed by atoms with Gasteiger partial charge in [0.2, 0.25) is 0 Å². The third-order valence-corrected chi connectivity index (χ3v) is 2.74. The molecule has 0 saturated carbocycles. The Bertz CT molecular complexity index is 493. The number of hydrogen-bond donors (Lipinski definition) is 3. The molecule has 8 heteroatoms. The number of hydrogen-bond acceptors (Lipinski definition) is 5. The van der Waals surface area contributed by atoms with Crippen LogP contribution in [0.2, 0.25) is 0 Å². The van der Waals surface area contributed by atoms with E-state index in [-0.39, 0.29) is 5.69 Å². The van der Waals surface area contributed by atoms with Gasteiger partial charge in [-0.2, -0.15) is 0 Å². The smallest absolute Gasteiger partial charge is 0.292 e. The minimum atomic E-state index is -0.397. The van der Waals surface area contributed by atoms with Crippen LogP contribution in [0.5, 0.6) is 0 Å². The Morgan fingerprint density at radius 1 is 1.32 bits per heavy atom. The fraction of sp³-hybridized carbons (Fsp3) is 0.500. The highest BCUT2D eigenvalue weighted by Crippen LogP contribution is 2.22. The molecule has 0 atom stereocenters. The zero-order valence-electron chi connectivity index (χ0n) is 13.0. The summed E-state index contributed by atoms with van der Waals surface area (Å²) in [6.07, 6.45) is 0. The zero-order chi connectivity index (χ0) is 16.2. The predicted octanol–water partition coefficient (Wildman–Crippen LogP) is 1.21. The first-order valence-electron chi connectivity index (χ1n) is 7.17. The Morgan fingerprint density at radius 3 is 2.77 bits per heavy atom. The highest BCUT2D eigenvalue weighted by molar-refractivity contribution is 5.79. The lowest BCUT2D eigenvalue weighted by molar-refractivity contribution is -0.384. The molecule has 0 aliphatic rings. The van der Waals surface area contributed by atoms with Gasteiger partial charge in [0.25, 0.3) is 5.69 Å². The van der Waals surface area contributed by atoms with Crippen LogP contribution in [0.1, 0.15) is 6.92 Å². The van der Waals surface area contributed by atoms with Crippen molar-refractivity contribution < 1.29 is 9.66 Å². The molecule has 122 valence electrons. The summed E-state index contributed by atoms with van der Waals surface area (Å²) < 4.78 is 4.95. The molecule has 0 spiro atoms. The van der Waals surface area contributed by atoms with Crippen LogP contribution in [0.3, 0.4) is 0 Å². The van der Waals surface area contributed by atoms with Crippen molar-refractivity contribution >= 4 is 17.3 Å². The summed E-state index contributed by atoms with van der Waals surface area (Å²) in [5.74, 6) is 0.698. The topological polar surface area (TPSA) is 101 Å². The van der Waals surface area contributed by atoms with E-state index in [1.54, 1.807) is 25.3 Å². The fourth-order valence-electron chi connectivity index (χ4n) is 1.75. The molecule has 1 rings (SSSR count). The number of nitro groups is 1. The van der Waals surface area contributed by atoms with Crippen LogP contribution in [0, 0.1) is 10.1 Å². The second-order valence-corrected chi connectivity index (χ2v) is 4.38. The normalized spacial score (nSPS) is 11.1. The minimum Gasteiger partial charge on any atom is -0.383 e. The number of nitrogens with one attached hydrogen (secondary N) is 3. The standard InChI is InChI=1S/C14H23N5O3/c1-3-15-14(18-10-11-22-2)17-9-8-16-12-6-4-5-7-13(12)19(20)21/h4-7,16H,3,8-11H2,1-2H3,(H2,15,17,18).